The van der Waals surface area contributed by atoms with Crippen LogP contribution in [-0.4, -0.2) is 0 Å². The lowest BCUT2D eigenvalue weighted by atomic mass is 10.2. The first-order valence-corrected chi connectivity index (χ1v) is 5.07. The highest BCUT2D eigenvalue weighted by Gasteiger charge is 2.26. The van der Waals surface area contributed by atoms with Crippen molar-refractivity contribution in [2.24, 2.45) is 0 Å². The Morgan fingerprint density at radius 1 is 0.600 bits per heavy atom. The van der Waals surface area contributed by atoms with Gasteiger partial charge in [0.15, 0.2) is 23.3 Å². The molecule has 0 saturated carbocycles. The normalized spacial score (nSPS) is 10.8. The third-order valence-electron chi connectivity index (χ3n) is 2.37. The van der Waals surface area contributed by atoms with Crippen molar-refractivity contribution in [1.82, 2.24) is 0 Å². The average Bonchev–Trinajstić information content (AvgIpc) is 2.25. The van der Waals surface area contributed by atoms with Crippen molar-refractivity contribution >= 4 is 11.4 Å². The predicted molar refractivity (Wildman–Crippen MR) is 55.5 cm³/mol. The number of anilines is 2. The van der Waals surface area contributed by atoms with Crippen LogP contribution in [0.3, 0.4) is 0 Å². The van der Waals surface area contributed by atoms with Gasteiger partial charge in [-0.2, -0.15) is 5.06 Å². The van der Waals surface area contributed by atoms with E-state index in [1.165, 1.54) is 0 Å². The molecule has 0 fully saturated rings. The van der Waals surface area contributed by atoms with E-state index in [4.69, 9.17) is 0 Å². The van der Waals surface area contributed by atoms with E-state index in [2.05, 4.69) is 0 Å². The molecule has 20 heavy (non-hydrogen) atoms. The summed E-state index contributed by atoms with van der Waals surface area (Å²) in [5, 5.41) is 10.9. The second-order valence-corrected chi connectivity index (χ2v) is 3.73. The maximum Gasteiger partial charge on any atom is 0.155 e. The topological polar surface area (TPSA) is 23.1 Å². The van der Waals surface area contributed by atoms with Gasteiger partial charge in [0.1, 0.15) is 23.0 Å². The average molecular weight is 292 g/mol. The van der Waals surface area contributed by atoms with Crippen LogP contribution >= 0.6 is 0 Å². The van der Waals surface area contributed by atoms with Gasteiger partial charge in [0.2, 0.25) is 0 Å². The summed E-state index contributed by atoms with van der Waals surface area (Å²) in [6.45, 7) is 0. The van der Waals surface area contributed by atoms with Crippen LogP contribution in [0.2, 0.25) is 0 Å². The van der Waals surface area contributed by atoms with E-state index in [0.29, 0.717) is 0 Å². The molecule has 105 valence electrons. The zero-order chi connectivity index (χ0) is 15.0. The summed E-state index contributed by atoms with van der Waals surface area (Å²) in [5.74, 6) is -9.23. The molecule has 2 aromatic rings. The van der Waals surface area contributed by atoms with E-state index in [1.807, 2.05) is 0 Å². The van der Waals surface area contributed by atoms with Crippen LogP contribution in [0.4, 0.5) is 37.7 Å². The Balaban J connectivity index is 2.61. The fourth-order valence-electron chi connectivity index (χ4n) is 1.57. The summed E-state index contributed by atoms with van der Waals surface area (Å²) in [6.07, 6.45) is 0. The van der Waals surface area contributed by atoms with Crippen molar-refractivity contribution in [3.05, 3.63) is 59.2 Å². The molecule has 0 aliphatic heterocycles. The molecule has 0 amide bonds. The van der Waals surface area contributed by atoms with Gasteiger partial charge < -0.3 is 0 Å². The van der Waals surface area contributed by atoms with Crippen molar-refractivity contribution in [2.75, 3.05) is 5.06 Å². The van der Waals surface area contributed by atoms with Crippen molar-refractivity contribution < 1.29 is 31.5 Å². The number of rotatable bonds is 2. The molecule has 0 atom stereocenters. The van der Waals surface area contributed by atoms with Gasteiger partial charge in [-0.25, -0.2) is 26.3 Å². The van der Waals surface area contributed by atoms with Gasteiger partial charge in [-0.15, -0.1) is 0 Å². The molecule has 8 heteroatoms. The molecule has 0 heterocycles. The van der Waals surface area contributed by atoms with Gasteiger partial charge >= 0.3 is 0 Å². The zero-order valence-corrected chi connectivity index (χ0v) is 9.43. The first kappa shape index (κ1) is 14.2. The van der Waals surface area contributed by atoms with Crippen molar-refractivity contribution in [3.8, 4) is 0 Å². The maximum absolute atomic E-state index is 13.3. The standard InChI is InChI=1S/C12H4F6NO/c13-5-1-7(15)11(8(16)2-5)19(20)12-9(17)3-6(14)4-10(12)18/h1-4H. The first-order valence-electron chi connectivity index (χ1n) is 5.07. The lowest BCUT2D eigenvalue weighted by molar-refractivity contribution is 0.185. The van der Waals surface area contributed by atoms with E-state index < -0.39 is 51.3 Å². The minimum atomic E-state index is -1.65. The highest BCUT2D eigenvalue weighted by Crippen LogP contribution is 2.33. The Morgan fingerprint density at radius 2 is 0.850 bits per heavy atom. The second kappa shape index (κ2) is 5.04. The molecule has 0 aliphatic carbocycles. The van der Waals surface area contributed by atoms with E-state index in [1.54, 1.807) is 0 Å². The molecule has 2 nitrogen and oxygen atoms in total. The third kappa shape index (κ3) is 2.42. The summed E-state index contributed by atoms with van der Waals surface area (Å²) in [5.41, 5.74) is -2.81. The van der Waals surface area contributed by atoms with Gasteiger partial charge in [0.05, 0.1) is 0 Å². The van der Waals surface area contributed by atoms with Crippen LogP contribution in [0.15, 0.2) is 24.3 Å². The number of halogens is 6. The van der Waals surface area contributed by atoms with E-state index in [9.17, 15) is 31.5 Å². The molecule has 1 radical (unpaired) electrons. The summed E-state index contributed by atoms with van der Waals surface area (Å²) in [6, 6.07) is 0.677. The van der Waals surface area contributed by atoms with Crippen LogP contribution in [0.1, 0.15) is 0 Å². The first-order chi connectivity index (χ1) is 9.31. The zero-order valence-electron chi connectivity index (χ0n) is 9.43. The molecule has 2 rings (SSSR count). The third-order valence-corrected chi connectivity index (χ3v) is 2.37. The number of nitrogens with zero attached hydrogens (tertiary/aromatic N) is 1. The SMILES string of the molecule is [O]N(c1c(F)cc(F)cc1F)c1c(F)cc(F)cc1F. The van der Waals surface area contributed by atoms with Gasteiger partial charge in [-0.1, -0.05) is 5.21 Å². The summed E-state index contributed by atoms with van der Waals surface area (Å²) in [4.78, 5) is 0. The highest BCUT2D eigenvalue weighted by atomic mass is 19.2. The van der Waals surface area contributed by atoms with E-state index in [0.717, 1.165) is 0 Å². The Bertz CT molecular complexity index is 571. The van der Waals surface area contributed by atoms with Gasteiger partial charge in [0, 0.05) is 24.3 Å². The molecular weight excluding hydrogens is 288 g/mol. The molecule has 0 aromatic heterocycles. The molecule has 0 unspecified atom stereocenters. The Labute approximate surface area is 108 Å². The second-order valence-electron chi connectivity index (χ2n) is 3.73. The van der Waals surface area contributed by atoms with Gasteiger partial charge in [-0.05, 0) is 0 Å². The summed E-state index contributed by atoms with van der Waals surface area (Å²) < 4.78 is 78.8. The smallest absolute Gasteiger partial charge is 0.155 e. The fraction of sp³-hybridized carbons (Fsp3) is 0. The van der Waals surface area contributed by atoms with Crippen LogP contribution in [-0.2, 0) is 5.21 Å². The van der Waals surface area contributed by atoms with Crippen LogP contribution in [0.25, 0.3) is 0 Å². The molecule has 0 bridgehead atoms. The molecule has 0 saturated heterocycles. The molecule has 2 aromatic carbocycles. The van der Waals surface area contributed by atoms with E-state index in [-0.39, 0.29) is 24.3 Å². The Kier molecular flexibility index (Phi) is 3.58. The lowest BCUT2D eigenvalue weighted by Crippen LogP contribution is -2.16. The summed E-state index contributed by atoms with van der Waals surface area (Å²) in [7, 11) is 0. The van der Waals surface area contributed by atoms with Crippen molar-refractivity contribution in [3.63, 3.8) is 0 Å². The molecule has 0 spiro atoms. The van der Waals surface area contributed by atoms with E-state index >= 15 is 0 Å². The number of hydrogen-bond donors (Lipinski definition) is 0. The highest BCUT2D eigenvalue weighted by molar-refractivity contribution is 5.62. The van der Waals surface area contributed by atoms with Crippen molar-refractivity contribution in [2.45, 2.75) is 0 Å². The summed E-state index contributed by atoms with van der Waals surface area (Å²) >= 11 is 0. The number of benzene rings is 2. The van der Waals surface area contributed by atoms with Crippen LogP contribution in [0.5, 0.6) is 0 Å². The molecule has 0 N–H and O–H groups in total. The monoisotopic (exact) mass is 292 g/mol. The minimum Gasteiger partial charge on any atom is -0.207 e. The van der Waals surface area contributed by atoms with Crippen molar-refractivity contribution in [1.29, 1.82) is 0 Å². The molecular formula is C12H4F6NO. The predicted octanol–water partition coefficient (Wildman–Crippen LogP) is 4.00. The Morgan fingerprint density at radius 3 is 1.10 bits per heavy atom. The maximum atomic E-state index is 13.3. The number of hydrogen-bond acceptors (Lipinski definition) is 1. The fourth-order valence-corrected chi connectivity index (χ4v) is 1.57. The van der Waals surface area contributed by atoms with Gasteiger partial charge in [0.25, 0.3) is 0 Å². The lowest BCUT2D eigenvalue weighted by Gasteiger charge is -2.17. The van der Waals surface area contributed by atoms with Crippen LogP contribution < -0.4 is 5.06 Å². The largest absolute Gasteiger partial charge is 0.207 e. The minimum absolute atomic E-state index is 0.169. The van der Waals surface area contributed by atoms with Gasteiger partial charge in [-0.3, -0.25) is 0 Å². The Hall–Kier alpha value is -2.22. The quantitative estimate of drug-likeness (QED) is 0.606. The molecule has 0 aliphatic rings. The van der Waals surface area contributed by atoms with Crippen LogP contribution in [0, 0.1) is 34.9 Å².